The van der Waals surface area contributed by atoms with Gasteiger partial charge >= 0.3 is 0 Å². The van der Waals surface area contributed by atoms with Crippen molar-refractivity contribution in [2.75, 3.05) is 13.7 Å². The van der Waals surface area contributed by atoms with Gasteiger partial charge in [-0.25, -0.2) is 4.39 Å². The zero-order valence-corrected chi connectivity index (χ0v) is 21.0. The minimum absolute atomic E-state index is 0.0416. The molecule has 35 heavy (non-hydrogen) atoms. The largest absolute Gasteiger partial charge is 0.484 e. The van der Waals surface area contributed by atoms with Crippen LogP contribution in [0.5, 0.6) is 5.75 Å². The summed E-state index contributed by atoms with van der Waals surface area (Å²) >= 11 is 0. The topological polar surface area (TPSA) is 104 Å². The van der Waals surface area contributed by atoms with Crippen LogP contribution in [-0.4, -0.2) is 53.6 Å². The second-order valence-corrected chi connectivity index (χ2v) is 11.0. The fraction of sp³-hybridized carbons (Fsp3) is 0.577. The molecule has 1 aliphatic carbocycles. The molecule has 8 nitrogen and oxygen atoms in total. The van der Waals surface area contributed by atoms with Crippen LogP contribution >= 0.6 is 0 Å². The third kappa shape index (κ3) is 5.34. The van der Waals surface area contributed by atoms with Gasteiger partial charge in [0.1, 0.15) is 5.60 Å². The minimum Gasteiger partial charge on any atom is -0.484 e. The van der Waals surface area contributed by atoms with Gasteiger partial charge in [0, 0.05) is 37.0 Å². The number of hydrogen-bond donors (Lipinski definition) is 3. The lowest BCUT2D eigenvalue weighted by Gasteiger charge is -2.41. The molecular formula is C26H35FN4O4. The van der Waals surface area contributed by atoms with Gasteiger partial charge < -0.3 is 20.1 Å². The molecule has 0 spiro atoms. The SMILES string of the molecule is COC/C=C/C([C@@H]1C[C@H]1C(=O)NC1CC(C)(C)Oc2c(F)cccc21)N1C(=N)NC(C)(C)CC1=O. The van der Waals surface area contributed by atoms with Crippen LogP contribution in [0.15, 0.2) is 30.4 Å². The highest BCUT2D eigenvalue weighted by Crippen LogP contribution is 2.46. The zero-order valence-electron chi connectivity index (χ0n) is 21.0. The summed E-state index contributed by atoms with van der Waals surface area (Å²) in [6.07, 6.45) is 5.04. The van der Waals surface area contributed by atoms with E-state index in [1.54, 1.807) is 19.2 Å². The molecule has 0 bridgehead atoms. The first-order valence-corrected chi connectivity index (χ1v) is 12.0. The standard InChI is InChI=1S/C26H35FN4O4/c1-25(2)14-21(32)31(24(28)30-25)20(10-7-11-34-5)16-12-17(16)23(33)29-19-13-26(3,4)35-22-15(19)8-6-9-18(22)27/h6-10,16-17,19-20H,11-14H2,1-5H3,(H2,28,30)(H,29,33)/b10-7+/t16-,17-,19?,20?/m1/s1. The molecule has 4 rings (SSSR count). The number of halogens is 1. The molecule has 1 saturated heterocycles. The fourth-order valence-corrected chi connectivity index (χ4v) is 5.17. The van der Waals surface area contributed by atoms with Gasteiger partial charge in [0.15, 0.2) is 17.5 Å². The molecular weight excluding hydrogens is 451 g/mol. The number of guanidine groups is 1. The Bertz CT molecular complexity index is 1030. The van der Waals surface area contributed by atoms with Crippen LogP contribution in [0.4, 0.5) is 4.39 Å². The van der Waals surface area contributed by atoms with E-state index in [2.05, 4.69) is 10.6 Å². The van der Waals surface area contributed by atoms with Crippen molar-refractivity contribution in [3.8, 4) is 5.75 Å². The van der Waals surface area contributed by atoms with Crippen molar-refractivity contribution >= 4 is 17.8 Å². The molecule has 3 N–H and O–H groups in total. The number of benzene rings is 1. The van der Waals surface area contributed by atoms with Crippen molar-refractivity contribution in [1.29, 1.82) is 5.41 Å². The second-order valence-electron chi connectivity index (χ2n) is 11.0. The smallest absolute Gasteiger partial charge is 0.232 e. The number of carbonyl (C=O) groups excluding carboxylic acids is 2. The van der Waals surface area contributed by atoms with Crippen LogP contribution in [0.3, 0.4) is 0 Å². The molecule has 1 aromatic rings. The highest BCUT2D eigenvalue weighted by molar-refractivity contribution is 6.00. The molecule has 2 fully saturated rings. The van der Waals surface area contributed by atoms with Gasteiger partial charge in [-0.05, 0) is 46.1 Å². The predicted octanol–water partition coefficient (Wildman–Crippen LogP) is 3.29. The molecule has 4 atom stereocenters. The Morgan fingerprint density at radius 3 is 2.83 bits per heavy atom. The first-order valence-electron chi connectivity index (χ1n) is 12.0. The van der Waals surface area contributed by atoms with E-state index in [4.69, 9.17) is 14.9 Å². The number of nitrogens with zero attached hydrogens (tertiary/aromatic N) is 1. The van der Waals surface area contributed by atoms with Gasteiger partial charge in [-0.1, -0.05) is 24.3 Å². The summed E-state index contributed by atoms with van der Waals surface area (Å²) in [5.74, 6) is -0.946. The van der Waals surface area contributed by atoms with Crippen molar-refractivity contribution < 1.29 is 23.5 Å². The van der Waals surface area contributed by atoms with Crippen LogP contribution in [-0.2, 0) is 14.3 Å². The molecule has 2 amide bonds. The van der Waals surface area contributed by atoms with Crippen molar-refractivity contribution in [3.63, 3.8) is 0 Å². The van der Waals surface area contributed by atoms with E-state index in [-0.39, 0.29) is 47.8 Å². The lowest BCUT2D eigenvalue weighted by molar-refractivity contribution is -0.132. The summed E-state index contributed by atoms with van der Waals surface area (Å²) in [7, 11) is 1.58. The number of carbonyl (C=O) groups is 2. The quantitative estimate of drug-likeness (QED) is 0.513. The van der Waals surface area contributed by atoms with Gasteiger partial charge in [-0.3, -0.25) is 19.9 Å². The van der Waals surface area contributed by atoms with Crippen LogP contribution < -0.4 is 15.4 Å². The number of methoxy groups -OCH3 is 1. The highest BCUT2D eigenvalue weighted by atomic mass is 19.1. The Hall–Kier alpha value is -2.94. The highest BCUT2D eigenvalue weighted by Gasteiger charge is 2.52. The Balaban J connectivity index is 1.51. The molecule has 9 heteroatoms. The van der Waals surface area contributed by atoms with E-state index in [1.165, 1.54) is 11.0 Å². The Kier molecular flexibility index (Phi) is 6.66. The number of ether oxygens (including phenoxy) is 2. The lowest BCUT2D eigenvalue weighted by Crippen LogP contribution is -2.62. The van der Waals surface area contributed by atoms with Crippen LogP contribution in [0, 0.1) is 23.1 Å². The molecule has 0 radical (unpaired) electrons. The van der Waals surface area contributed by atoms with E-state index >= 15 is 0 Å². The van der Waals surface area contributed by atoms with Crippen molar-refractivity contribution in [2.45, 2.75) is 70.2 Å². The van der Waals surface area contributed by atoms with Crippen molar-refractivity contribution in [2.24, 2.45) is 11.8 Å². The molecule has 2 unspecified atom stereocenters. The third-order valence-corrected chi connectivity index (χ3v) is 6.83. The predicted molar refractivity (Wildman–Crippen MR) is 129 cm³/mol. The number of hydrogen-bond acceptors (Lipinski definition) is 5. The van der Waals surface area contributed by atoms with Gasteiger partial charge in [0.2, 0.25) is 11.8 Å². The Labute approximate surface area is 205 Å². The molecule has 2 heterocycles. The first-order chi connectivity index (χ1) is 16.4. The number of rotatable bonds is 7. The van der Waals surface area contributed by atoms with E-state index in [0.29, 0.717) is 25.0 Å². The number of amides is 2. The van der Waals surface area contributed by atoms with E-state index in [1.807, 2.05) is 39.8 Å². The molecule has 3 aliphatic rings. The second kappa shape index (κ2) is 9.26. The maximum Gasteiger partial charge on any atom is 0.232 e. The summed E-state index contributed by atoms with van der Waals surface area (Å²) in [4.78, 5) is 27.8. The average Bonchev–Trinajstić information content (AvgIpc) is 3.52. The van der Waals surface area contributed by atoms with Gasteiger partial charge in [-0.2, -0.15) is 0 Å². The van der Waals surface area contributed by atoms with Crippen LogP contribution in [0.25, 0.3) is 0 Å². The number of fused-ring (bicyclic) bond motifs is 1. The van der Waals surface area contributed by atoms with Gasteiger partial charge in [0.05, 0.1) is 18.7 Å². The summed E-state index contributed by atoms with van der Waals surface area (Å²) in [6.45, 7) is 7.89. The lowest BCUT2D eigenvalue weighted by atomic mass is 9.89. The van der Waals surface area contributed by atoms with Crippen molar-refractivity contribution in [1.82, 2.24) is 15.5 Å². The van der Waals surface area contributed by atoms with Gasteiger partial charge in [0.25, 0.3) is 0 Å². The van der Waals surface area contributed by atoms with Gasteiger partial charge in [-0.15, -0.1) is 0 Å². The number of para-hydroxylation sites is 1. The third-order valence-electron chi connectivity index (χ3n) is 6.83. The summed E-state index contributed by atoms with van der Waals surface area (Å²) in [5.41, 5.74) is -0.495. The number of nitrogens with one attached hydrogen (secondary N) is 3. The van der Waals surface area contributed by atoms with Crippen LogP contribution in [0.1, 0.15) is 58.6 Å². The van der Waals surface area contributed by atoms with Crippen molar-refractivity contribution in [3.05, 3.63) is 41.7 Å². The monoisotopic (exact) mass is 486 g/mol. The maximum atomic E-state index is 14.4. The fourth-order valence-electron chi connectivity index (χ4n) is 5.17. The molecule has 0 aromatic heterocycles. The molecule has 190 valence electrons. The summed E-state index contributed by atoms with van der Waals surface area (Å²) < 4.78 is 25.4. The average molecular weight is 487 g/mol. The maximum absolute atomic E-state index is 14.4. The van der Waals surface area contributed by atoms with E-state index < -0.39 is 23.0 Å². The van der Waals surface area contributed by atoms with Crippen LogP contribution in [0.2, 0.25) is 0 Å². The molecule has 1 saturated carbocycles. The summed E-state index contributed by atoms with van der Waals surface area (Å²) in [5, 5.41) is 14.7. The molecule has 2 aliphatic heterocycles. The minimum atomic E-state index is -0.630. The Morgan fingerprint density at radius 1 is 1.40 bits per heavy atom. The normalized spacial score (nSPS) is 27.6. The first kappa shape index (κ1) is 25.2. The van der Waals surface area contributed by atoms with E-state index in [9.17, 15) is 14.0 Å². The zero-order chi connectivity index (χ0) is 25.5. The Morgan fingerprint density at radius 2 is 2.14 bits per heavy atom. The summed E-state index contributed by atoms with van der Waals surface area (Å²) in [6, 6.07) is 3.94. The molecule has 1 aromatic carbocycles. The van der Waals surface area contributed by atoms with E-state index in [0.717, 1.165) is 0 Å².